The van der Waals surface area contributed by atoms with E-state index >= 15 is 0 Å². The van der Waals surface area contributed by atoms with E-state index in [1.807, 2.05) is 6.92 Å². The molecule has 0 aromatic carbocycles. The van der Waals surface area contributed by atoms with Crippen molar-refractivity contribution in [1.82, 2.24) is 15.5 Å². The van der Waals surface area contributed by atoms with Crippen LogP contribution in [0.3, 0.4) is 0 Å². The molecule has 0 spiro atoms. The molecule has 0 saturated heterocycles. The number of amides is 1. The van der Waals surface area contributed by atoms with Crippen molar-refractivity contribution in [2.75, 3.05) is 24.4 Å². The summed E-state index contributed by atoms with van der Waals surface area (Å²) in [5, 5.41) is 13.5. The zero-order chi connectivity index (χ0) is 12.7. The number of carbonyl (C=O) groups excluding carboxylic acids is 1. The summed E-state index contributed by atoms with van der Waals surface area (Å²) in [5.74, 6) is 1.51. The van der Waals surface area contributed by atoms with Crippen molar-refractivity contribution in [2.45, 2.75) is 19.4 Å². The van der Waals surface area contributed by atoms with Gasteiger partial charge >= 0.3 is 0 Å². The number of nitrogens with zero attached hydrogens (tertiary/aromatic N) is 2. The average Bonchev–Trinajstić information content (AvgIpc) is 2.36. The van der Waals surface area contributed by atoms with E-state index in [0.717, 1.165) is 12.2 Å². The highest BCUT2D eigenvalue weighted by atomic mass is 32.2. The number of carbonyl (C=O) groups is 1. The third-order valence-electron chi connectivity index (χ3n) is 2.29. The standard InChI is InChI=1S/C11H18N4OS/c1-8(6-7-17-3)13-11(16)9-4-5-10(12-2)15-14-9/h4-5,8H,6-7H2,1-3H3,(H,12,15)(H,13,16). The first kappa shape index (κ1) is 13.8. The number of aromatic nitrogens is 2. The van der Waals surface area contributed by atoms with Crippen LogP contribution in [0.1, 0.15) is 23.8 Å². The van der Waals surface area contributed by atoms with Gasteiger partial charge in [0, 0.05) is 13.1 Å². The molecule has 1 aromatic rings. The summed E-state index contributed by atoms with van der Waals surface area (Å²) in [5.41, 5.74) is 0.347. The maximum absolute atomic E-state index is 11.8. The van der Waals surface area contributed by atoms with Crippen LogP contribution in [0.15, 0.2) is 12.1 Å². The second-order valence-corrected chi connectivity index (χ2v) is 4.70. The molecule has 0 bridgehead atoms. The van der Waals surface area contributed by atoms with Gasteiger partial charge in [-0.05, 0) is 37.5 Å². The predicted octanol–water partition coefficient (Wildman–Crippen LogP) is 1.39. The van der Waals surface area contributed by atoms with E-state index in [2.05, 4.69) is 27.1 Å². The SMILES string of the molecule is CNc1ccc(C(=O)NC(C)CCSC)nn1. The van der Waals surface area contributed by atoms with E-state index < -0.39 is 0 Å². The minimum atomic E-state index is -0.172. The van der Waals surface area contributed by atoms with Gasteiger partial charge in [0.2, 0.25) is 0 Å². The van der Waals surface area contributed by atoms with E-state index in [1.54, 1.807) is 30.9 Å². The molecule has 1 rings (SSSR count). The van der Waals surface area contributed by atoms with E-state index in [1.165, 1.54) is 0 Å². The Morgan fingerprint density at radius 1 is 1.47 bits per heavy atom. The lowest BCUT2D eigenvalue weighted by Gasteiger charge is -2.12. The van der Waals surface area contributed by atoms with Gasteiger partial charge in [0.1, 0.15) is 5.82 Å². The molecule has 1 unspecified atom stereocenters. The topological polar surface area (TPSA) is 66.9 Å². The number of thioether (sulfide) groups is 1. The van der Waals surface area contributed by atoms with Gasteiger partial charge in [-0.15, -0.1) is 10.2 Å². The number of hydrogen-bond acceptors (Lipinski definition) is 5. The van der Waals surface area contributed by atoms with Crippen LogP contribution in [0, 0.1) is 0 Å². The summed E-state index contributed by atoms with van der Waals surface area (Å²) in [4.78, 5) is 11.8. The fourth-order valence-electron chi connectivity index (χ4n) is 1.25. The largest absolute Gasteiger partial charge is 0.372 e. The van der Waals surface area contributed by atoms with Gasteiger partial charge in [0.15, 0.2) is 5.69 Å². The lowest BCUT2D eigenvalue weighted by molar-refractivity contribution is 0.0933. The van der Waals surface area contributed by atoms with E-state index in [0.29, 0.717) is 11.5 Å². The summed E-state index contributed by atoms with van der Waals surface area (Å²) < 4.78 is 0. The lowest BCUT2D eigenvalue weighted by atomic mass is 10.2. The number of hydrogen-bond donors (Lipinski definition) is 2. The molecular weight excluding hydrogens is 236 g/mol. The number of rotatable bonds is 6. The zero-order valence-electron chi connectivity index (χ0n) is 10.4. The van der Waals surface area contributed by atoms with Crippen molar-refractivity contribution in [3.63, 3.8) is 0 Å². The van der Waals surface area contributed by atoms with Crippen molar-refractivity contribution in [2.24, 2.45) is 0 Å². The van der Waals surface area contributed by atoms with Gasteiger partial charge in [0.25, 0.3) is 5.91 Å². The first-order chi connectivity index (χ1) is 8.17. The molecule has 6 heteroatoms. The third kappa shape index (κ3) is 4.60. The average molecular weight is 254 g/mol. The molecule has 17 heavy (non-hydrogen) atoms. The van der Waals surface area contributed by atoms with Gasteiger partial charge in [-0.3, -0.25) is 4.79 Å². The molecule has 0 aliphatic rings. The number of nitrogens with one attached hydrogen (secondary N) is 2. The molecule has 1 amide bonds. The van der Waals surface area contributed by atoms with Gasteiger partial charge in [-0.25, -0.2) is 0 Å². The minimum absolute atomic E-state index is 0.153. The zero-order valence-corrected chi connectivity index (χ0v) is 11.2. The molecule has 1 atom stereocenters. The summed E-state index contributed by atoms with van der Waals surface area (Å²) in [6.45, 7) is 1.99. The molecule has 94 valence electrons. The molecule has 5 nitrogen and oxygen atoms in total. The first-order valence-electron chi connectivity index (χ1n) is 5.48. The molecule has 1 aromatic heterocycles. The molecule has 1 heterocycles. The fraction of sp³-hybridized carbons (Fsp3) is 0.545. The van der Waals surface area contributed by atoms with Crippen LogP contribution in [0.2, 0.25) is 0 Å². The molecule has 2 N–H and O–H groups in total. The van der Waals surface area contributed by atoms with Gasteiger partial charge in [-0.1, -0.05) is 0 Å². The predicted molar refractivity (Wildman–Crippen MR) is 71.5 cm³/mol. The molecule has 0 saturated carbocycles. The Morgan fingerprint density at radius 2 is 2.24 bits per heavy atom. The maximum Gasteiger partial charge on any atom is 0.272 e. The monoisotopic (exact) mass is 254 g/mol. The molecule has 0 aliphatic carbocycles. The Balaban J connectivity index is 2.51. The molecular formula is C11H18N4OS. The van der Waals surface area contributed by atoms with Crippen molar-refractivity contribution in [3.8, 4) is 0 Å². The molecule has 0 radical (unpaired) electrons. The Bertz CT molecular complexity index is 355. The Morgan fingerprint density at radius 3 is 2.76 bits per heavy atom. The maximum atomic E-state index is 11.8. The van der Waals surface area contributed by atoms with Gasteiger partial charge in [-0.2, -0.15) is 11.8 Å². The summed E-state index contributed by atoms with van der Waals surface area (Å²) in [7, 11) is 1.76. The Labute approximate surface area is 106 Å². The van der Waals surface area contributed by atoms with Crippen LogP contribution in [-0.2, 0) is 0 Å². The Kier molecular flexibility index (Phi) is 5.76. The minimum Gasteiger partial charge on any atom is -0.372 e. The van der Waals surface area contributed by atoms with E-state index in [-0.39, 0.29) is 11.9 Å². The van der Waals surface area contributed by atoms with Crippen LogP contribution in [0.25, 0.3) is 0 Å². The third-order valence-corrected chi connectivity index (χ3v) is 2.93. The van der Waals surface area contributed by atoms with Crippen molar-refractivity contribution in [1.29, 1.82) is 0 Å². The lowest BCUT2D eigenvalue weighted by Crippen LogP contribution is -2.33. The second kappa shape index (κ2) is 7.11. The second-order valence-electron chi connectivity index (χ2n) is 3.71. The van der Waals surface area contributed by atoms with Crippen molar-refractivity contribution >= 4 is 23.5 Å². The highest BCUT2D eigenvalue weighted by Crippen LogP contribution is 2.03. The highest BCUT2D eigenvalue weighted by molar-refractivity contribution is 7.98. The highest BCUT2D eigenvalue weighted by Gasteiger charge is 2.11. The van der Waals surface area contributed by atoms with Crippen LogP contribution in [0.4, 0.5) is 5.82 Å². The molecule has 0 fully saturated rings. The normalized spacial score (nSPS) is 11.9. The van der Waals surface area contributed by atoms with E-state index in [4.69, 9.17) is 0 Å². The Hall–Kier alpha value is -1.30. The fourth-order valence-corrected chi connectivity index (χ4v) is 1.84. The quantitative estimate of drug-likeness (QED) is 0.803. The van der Waals surface area contributed by atoms with Crippen LogP contribution in [-0.4, -0.2) is 41.2 Å². The van der Waals surface area contributed by atoms with Crippen molar-refractivity contribution < 1.29 is 4.79 Å². The van der Waals surface area contributed by atoms with Crippen LogP contribution >= 0.6 is 11.8 Å². The smallest absolute Gasteiger partial charge is 0.272 e. The first-order valence-corrected chi connectivity index (χ1v) is 6.88. The van der Waals surface area contributed by atoms with Gasteiger partial charge < -0.3 is 10.6 Å². The summed E-state index contributed by atoms with van der Waals surface area (Å²) in [6.07, 6.45) is 3.01. The van der Waals surface area contributed by atoms with Crippen molar-refractivity contribution in [3.05, 3.63) is 17.8 Å². The van der Waals surface area contributed by atoms with Crippen LogP contribution < -0.4 is 10.6 Å². The summed E-state index contributed by atoms with van der Waals surface area (Å²) >= 11 is 1.77. The number of anilines is 1. The summed E-state index contributed by atoms with van der Waals surface area (Å²) in [6, 6.07) is 3.55. The van der Waals surface area contributed by atoms with E-state index in [9.17, 15) is 4.79 Å². The van der Waals surface area contributed by atoms with Gasteiger partial charge in [0.05, 0.1) is 0 Å². The molecule has 0 aliphatic heterocycles. The van der Waals surface area contributed by atoms with Crippen LogP contribution in [0.5, 0.6) is 0 Å².